The topological polar surface area (TPSA) is 65.7 Å². The maximum atomic E-state index is 6.03. The molecular weight excluding hydrogens is 482 g/mol. The smallest absolute Gasteiger partial charge is 0.141 e. The van der Waals surface area contributed by atoms with Crippen molar-refractivity contribution < 1.29 is 4.74 Å². The van der Waals surface area contributed by atoms with Crippen LogP contribution in [0.1, 0.15) is 12.6 Å². The second-order valence-electron chi connectivity index (χ2n) is 9.08. The Labute approximate surface area is 227 Å². The van der Waals surface area contributed by atoms with Crippen molar-refractivity contribution in [2.45, 2.75) is 20.1 Å². The van der Waals surface area contributed by atoms with Gasteiger partial charge in [-0.25, -0.2) is 4.98 Å². The summed E-state index contributed by atoms with van der Waals surface area (Å²) in [7, 11) is 0. The normalized spacial score (nSPS) is 10.9. The van der Waals surface area contributed by atoms with Crippen molar-refractivity contribution in [1.82, 2.24) is 25.0 Å². The van der Waals surface area contributed by atoms with Gasteiger partial charge in [-0.05, 0) is 41.5 Å². The van der Waals surface area contributed by atoms with Crippen molar-refractivity contribution in [3.63, 3.8) is 0 Å². The van der Waals surface area contributed by atoms with Crippen LogP contribution in [0.15, 0.2) is 121 Å². The summed E-state index contributed by atoms with van der Waals surface area (Å²) in [5.41, 5.74) is 8.26. The summed E-state index contributed by atoms with van der Waals surface area (Å²) >= 11 is 0. The molecule has 6 nitrogen and oxygen atoms in total. The zero-order valence-electron chi connectivity index (χ0n) is 21.6. The molecule has 6 aromatic rings. The summed E-state index contributed by atoms with van der Waals surface area (Å²) < 4.78 is 8.35. The van der Waals surface area contributed by atoms with E-state index in [0.717, 1.165) is 63.0 Å². The Morgan fingerprint density at radius 2 is 1.38 bits per heavy atom. The zero-order valence-corrected chi connectivity index (χ0v) is 21.6. The van der Waals surface area contributed by atoms with E-state index in [0.29, 0.717) is 6.61 Å². The fraction of sp³-hybridized carbons (Fsp3) is 0.0909. The van der Waals surface area contributed by atoms with E-state index in [2.05, 4.69) is 112 Å². The quantitative estimate of drug-likeness (QED) is 0.215. The van der Waals surface area contributed by atoms with Gasteiger partial charge in [-0.1, -0.05) is 97.1 Å². The van der Waals surface area contributed by atoms with Crippen LogP contribution in [0, 0.1) is 0 Å². The highest BCUT2D eigenvalue weighted by Crippen LogP contribution is 2.39. The molecule has 6 heteroatoms. The van der Waals surface area contributed by atoms with Gasteiger partial charge in [0, 0.05) is 23.2 Å². The fourth-order valence-electron chi connectivity index (χ4n) is 4.84. The summed E-state index contributed by atoms with van der Waals surface area (Å²) in [5.74, 6) is 1.69. The molecule has 0 saturated carbocycles. The van der Waals surface area contributed by atoms with Gasteiger partial charge in [-0.15, -0.1) is 10.2 Å². The molecule has 190 valence electrons. The van der Waals surface area contributed by atoms with Gasteiger partial charge < -0.3 is 9.30 Å². The first-order valence-electron chi connectivity index (χ1n) is 13.0. The second kappa shape index (κ2) is 11.1. The van der Waals surface area contributed by atoms with Gasteiger partial charge in [0.05, 0.1) is 17.6 Å². The Bertz CT molecular complexity index is 1680. The van der Waals surface area contributed by atoms with E-state index in [4.69, 9.17) is 9.72 Å². The molecule has 0 unspecified atom stereocenters. The molecule has 0 saturated heterocycles. The van der Waals surface area contributed by atoms with Gasteiger partial charge in [0.15, 0.2) is 0 Å². The van der Waals surface area contributed by atoms with E-state index in [-0.39, 0.29) is 0 Å². The number of ether oxygens (including phenoxy) is 1. The molecular formula is C33H27N5O. The third-order valence-electron chi connectivity index (χ3n) is 6.64. The highest BCUT2D eigenvalue weighted by atomic mass is 16.5. The largest absolute Gasteiger partial charge is 0.487 e. The van der Waals surface area contributed by atoms with E-state index in [1.54, 1.807) is 12.3 Å². The van der Waals surface area contributed by atoms with Crippen LogP contribution >= 0.6 is 0 Å². The van der Waals surface area contributed by atoms with Crippen molar-refractivity contribution in [2.24, 2.45) is 0 Å². The van der Waals surface area contributed by atoms with E-state index < -0.39 is 0 Å². The fourth-order valence-corrected chi connectivity index (χ4v) is 4.84. The minimum atomic E-state index is 0.321. The number of hydrogen-bond donors (Lipinski definition) is 0. The molecule has 39 heavy (non-hydrogen) atoms. The molecule has 0 amide bonds. The average molecular weight is 510 g/mol. The van der Waals surface area contributed by atoms with Crippen LogP contribution in [0.5, 0.6) is 5.75 Å². The van der Waals surface area contributed by atoms with Crippen molar-refractivity contribution >= 4 is 0 Å². The lowest BCUT2D eigenvalue weighted by Gasteiger charge is -2.14. The van der Waals surface area contributed by atoms with Gasteiger partial charge in [0.1, 0.15) is 23.9 Å². The Kier molecular flexibility index (Phi) is 6.91. The number of benzene rings is 4. The van der Waals surface area contributed by atoms with Crippen LogP contribution in [0.2, 0.25) is 0 Å². The van der Waals surface area contributed by atoms with Crippen LogP contribution in [0.3, 0.4) is 0 Å². The van der Waals surface area contributed by atoms with E-state index in [9.17, 15) is 0 Å². The van der Waals surface area contributed by atoms with Gasteiger partial charge in [-0.2, -0.15) is 0 Å². The monoisotopic (exact) mass is 509 g/mol. The third kappa shape index (κ3) is 5.05. The highest BCUT2D eigenvalue weighted by Gasteiger charge is 2.22. The average Bonchev–Trinajstić information content (AvgIpc) is 3.41. The molecule has 6 rings (SSSR count). The first-order chi connectivity index (χ1) is 19.3. The Balaban J connectivity index is 1.46. The second-order valence-corrected chi connectivity index (χ2v) is 9.08. The summed E-state index contributed by atoms with van der Waals surface area (Å²) in [5, 5.41) is 11.4. The molecule has 0 spiro atoms. The van der Waals surface area contributed by atoms with Crippen LogP contribution in [-0.2, 0) is 13.2 Å². The first-order valence-corrected chi connectivity index (χ1v) is 13.0. The minimum absolute atomic E-state index is 0.321. The summed E-state index contributed by atoms with van der Waals surface area (Å²) in [6.45, 7) is 3.27. The van der Waals surface area contributed by atoms with Gasteiger partial charge in [-0.3, -0.25) is 0 Å². The molecule has 0 aliphatic rings. The number of nitrogens with zero attached hydrogens (tertiary/aromatic N) is 5. The van der Waals surface area contributed by atoms with Gasteiger partial charge in [0.2, 0.25) is 0 Å². The minimum Gasteiger partial charge on any atom is -0.487 e. The Morgan fingerprint density at radius 1 is 0.692 bits per heavy atom. The summed E-state index contributed by atoms with van der Waals surface area (Å²) in [6, 6.07) is 39.3. The molecule has 0 fully saturated rings. The maximum absolute atomic E-state index is 6.03. The predicted octanol–water partition coefficient (Wildman–Crippen LogP) is 7.34. The molecule has 2 heterocycles. The molecule has 2 aromatic heterocycles. The molecule has 0 radical (unpaired) electrons. The zero-order chi connectivity index (χ0) is 26.4. The molecule has 0 atom stereocenters. The Morgan fingerprint density at radius 3 is 2.10 bits per heavy atom. The molecule has 0 aliphatic carbocycles. The predicted molar refractivity (Wildman–Crippen MR) is 154 cm³/mol. The van der Waals surface area contributed by atoms with Gasteiger partial charge in [0.25, 0.3) is 0 Å². The molecule has 4 aromatic carbocycles. The van der Waals surface area contributed by atoms with Crippen molar-refractivity contribution in [3.8, 4) is 50.8 Å². The maximum Gasteiger partial charge on any atom is 0.141 e. The molecule has 0 bridgehead atoms. The third-order valence-corrected chi connectivity index (χ3v) is 6.64. The van der Waals surface area contributed by atoms with Gasteiger partial charge >= 0.3 is 0 Å². The Hall–Kier alpha value is -5.10. The number of hydrogen-bond acceptors (Lipinski definition) is 5. The van der Waals surface area contributed by atoms with Crippen LogP contribution in [-0.4, -0.2) is 25.0 Å². The molecule has 0 aliphatic heterocycles. The lowest BCUT2D eigenvalue weighted by atomic mass is 9.99. The van der Waals surface area contributed by atoms with E-state index >= 15 is 0 Å². The first kappa shape index (κ1) is 24.2. The summed E-state index contributed by atoms with van der Waals surface area (Å²) in [4.78, 5) is 5.29. The summed E-state index contributed by atoms with van der Waals surface area (Å²) in [6.07, 6.45) is 1.61. The number of aromatic nitrogens is 5. The van der Waals surface area contributed by atoms with Crippen LogP contribution in [0.25, 0.3) is 45.0 Å². The van der Waals surface area contributed by atoms with Crippen molar-refractivity contribution in [1.29, 1.82) is 0 Å². The van der Waals surface area contributed by atoms with Crippen molar-refractivity contribution in [2.75, 3.05) is 0 Å². The molecule has 0 N–H and O–H groups in total. The van der Waals surface area contributed by atoms with Crippen LogP contribution < -0.4 is 4.74 Å². The highest BCUT2D eigenvalue weighted by molar-refractivity contribution is 5.87. The lowest BCUT2D eigenvalue weighted by Crippen LogP contribution is -2.02. The number of rotatable bonds is 8. The number of imidazole rings is 1. The lowest BCUT2D eigenvalue weighted by molar-refractivity contribution is 0.299. The van der Waals surface area contributed by atoms with Crippen LogP contribution in [0.4, 0.5) is 0 Å². The standard InChI is InChI=1S/C33H27N5O/c1-2-38-32(25-14-7-4-8-15-25)31(24-12-5-3-6-13-24)35-33(38)30-19-10-9-18-29(30)26-16-11-17-28(22-26)39-23-27-20-21-34-37-36-27/h3-22H,2,23H2,1H3. The SMILES string of the molecule is CCn1c(-c2ccccc2-c2cccc(OCc3ccnnn3)c2)nc(-c2ccccc2)c1-c1ccccc1. The van der Waals surface area contributed by atoms with E-state index in [1.165, 1.54) is 0 Å². The van der Waals surface area contributed by atoms with Crippen molar-refractivity contribution in [3.05, 3.63) is 127 Å². The van der Waals surface area contributed by atoms with E-state index in [1.807, 2.05) is 24.3 Å².